The van der Waals surface area contributed by atoms with Crippen LogP contribution in [0.25, 0.3) is 0 Å². The Kier molecular flexibility index (Phi) is 5.20. The summed E-state index contributed by atoms with van der Waals surface area (Å²) >= 11 is 7.67. The van der Waals surface area contributed by atoms with Gasteiger partial charge in [-0.15, -0.1) is 0 Å². The lowest BCUT2D eigenvalue weighted by Gasteiger charge is -2.29. The van der Waals surface area contributed by atoms with Gasteiger partial charge in [-0.1, -0.05) is 15.9 Å². The van der Waals surface area contributed by atoms with Crippen molar-refractivity contribution in [3.63, 3.8) is 0 Å². The molecule has 1 aromatic carbocycles. The molecule has 2 heterocycles. The highest BCUT2D eigenvalue weighted by molar-refractivity contribution is 9.10. The van der Waals surface area contributed by atoms with E-state index in [1.54, 1.807) is 0 Å². The average Bonchev–Trinajstić information content (AvgIpc) is 2.93. The first-order valence-corrected chi connectivity index (χ1v) is 9.87. The first-order chi connectivity index (χ1) is 9.78. The van der Waals surface area contributed by atoms with Gasteiger partial charge in [-0.25, -0.2) is 0 Å². The number of hydrogen-bond acceptors (Lipinski definition) is 5. The van der Waals surface area contributed by atoms with E-state index in [0.717, 1.165) is 29.7 Å². The third-order valence-electron chi connectivity index (χ3n) is 3.77. The van der Waals surface area contributed by atoms with Gasteiger partial charge in [-0.2, -0.15) is 23.5 Å². The van der Waals surface area contributed by atoms with Crippen LogP contribution < -0.4 is 16.0 Å². The Morgan fingerprint density at radius 1 is 1.45 bits per heavy atom. The topological polar surface area (TPSA) is 47.3 Å². The lowest BCUT2D eigenvalue weighted by molar-refractivity contribution is 0.351. The van der Waals surface area contributed by atoms with Crippen molar-refractivity contribution in [2.45, 2.75) is 24.1 Å². The molecule has 20 heavy (non-hydrogen) atoms. The average molecular weight is 375 g/mol. The van der Waals surface area contributed by atoms with Crippen LogP contribution in [0.1, 0.15) is 11.1 Å². The number of ether oxygens (including phenoxy) is 1. The van der Waals surface area contributed by atoms with Crippen LogP contribution in [0.4, 0.5) is 0 Å². The molecular weight excluding hydrogens is 356 g/mol. The van der Waals surface area contributed by atoms with E-state index in [-0.39, 0.29) is 0 Å². The zero-order valence-electron chi connectivity index (χ0n) is 11.2. The Morgan fingerprint density at radius 3 is 3.10 bits per heavy atom. The van der Waals surface area contributed by atoms with Crippen molar-refractivity contribution in [3.05, 3.63) is 27.7 Å². The largest absolute Gasteiger partial charge is 0.493 e. The lowest BCUT2D eigenvalue weighted by Crippen LogP contribution is -2.46. The molecule has 0 aliphatic carbocycles. The van der Waals surface area contributed by atoms with Gasteiger partial charge in [0.1, 0.15) is 5.75 Å². The van der Waals surface area contributed by atoms with E-state index in [0.29, 0.717) is 11.3 Å². The van der Waals surface area contributed by atoms with Crippen LogP contribution in [0, 0.1) is 0 Å². The lowest BCUT2D eigenvalue weighted by atomic mass is 10.0. The van der Waals surface area contributed by atoms with E-state index < -0.39 is 0 Å². The molecule has 3 N–H and O–H groups in total. The number of hydrogen-bond donors (Lipinski definition) is 2. The predicted octanol–water partition coefficient (Wildman–Crippen LogP) is 2.61. The summed E-state index contributed by atoms with van der Waals surface area (Å²) in [5.74, 6) is 10.6. The van der Waals surface area contributed by atoms with Crippen LogP contribution in [-0.4, -0.2) is 35.2 Å². The monoisotopic (exact) mass is 374 g/mol. The summed E-state index contributed by atoms with van der Waals surface area (Å²) in [6.07, 6.45) is 1.94. The van der Waals surface area contributed by atoms with E-state index in [9.17, 15) is 0 Å². The molecule has 2 aliphatic rings. The fourth-order valence-corrected chi connectivity index (χ4v) is 6.19. The smallest absolute Gasteiger partial charge is 0.125 e. The summed E-state index contributed by atoms with van der Waals surface area (Å²) in [5, 5.41) is 0.579. The van der Waals surface area contributed by atoms with Crippen molar-refractivity contribution in [1.29, 1.82) is 0 Å². The number of hydrazine groups is 1. The quantitative estimate of drug-likeness (QED) is 0.626. The number of halogens is 1. The van der Waals surface area contributed by atoms with Crippen LogP contribution in [0.15, 0.2) is 16.6 Å². The molecule has 0 bridgehead atoms. The molecule has 2 atom stereocenters. The SMILES string of the molecule is NNC(Cc1cc(Br)cc2c1OCC2)C1CSCCS1. The number of rotatable bonds is 4. The number of nitrogens with two attached hydrogens (primary N) is 1. The summed E-state index contributed by atoms with van der Waals surface area (Å²) in [7, 11) is 0. The number of thioether (sulfide) groups is 2. The van der Waals surface area contributed by atoms with E-state index in [4.69, 9.17) is 10.6 Å². The molecular formula is C14H19BrN2OS2. The molecule has 3 rings (SSSR count). The number of nitrogens with one attached hydrogen (secondary N) is 1. The van der Waals surface area contributed by atoms with Crippen LogP contribution in [0.3, 0.4) is 0 Å². The molecule has 0 amide bonds. The molecule has 1 saturated heterocycles. The van der Waals surface area contributed by atoms with E-state index in [1.165, 1.54) is 28.4 Å². The minimum atomic E-state index is 0.301. The first kappa shape index (κ1) is 15.0. The number of benzene rings is 1. The molecule has 0 spiro atoms. The fourth-order valence-electron chi connectivity index (χ4n) is 2.77. The summed E-state index contributed by atoms with van der Waals surface area (Å²) in [5.41, 5.74) is 5.61. The third kappa shape index (κ3) is 3.30. The second kappa shape index (κ2) is 6.92. The van der Waals surface area contributed by atoms with Crippen molar-refractivity contribution in [3.8, 4) is 5.75 Å². The zero-order valence-corrected chi connectivity index (χ0v) is 14.5. The molecule has 3 nitrogen and oxygen atoms in total. The third-order valence-corrected chi connectivity index (χ3v) is 7.15. The first-order valence-electron chi connectivity index (χ1n) is 6.87. The minimum Gasteiger partial charge on any atom is -0.493 e. The van der Waals surface area contributed by atoms with Gasteiger partial charge in [0.05, 0.1) is 6.61 Å². The Hall–Kier alpha value is 0.120. The van der Waals surface area contributed by atoms with Gasteiger partial charge in [0, 0.05) is 39.4 Å². The number of fused-ring (bicyclic) bond motifs is 1. The highest BCUT2D eigenvalue weighted by Gasteiger charge is 2.26. The van der Waals surface area contributed by atoms with Gasteiger partial charge in [0.2, 0.25) is 0 Å². The Balaban J connectivity index is 1.78. The summed E-state index contributed by atoms with van der Waals surface area (Å²) < 4.78 is 6.95. The maximum atomic E-state index is 5.82. The molecule has 110 valence electrons. The molecule has 0 radical (unpaired) electrons. The second-order valence-electron chi connectivity index (χ2n) is 5.11. The zero-order chi connectivity index (χ0) is 13.9. The van der Waals surface area contributed by atoms with Gasteiger partial charge in [-0.05, 0) is 29.7 Å². The molecule has 0 saturated carbocycles. The van der Waals surface area contributed by atoms with E-state index in [1.807, 2.05) is 23.5 Å². The van der Waals surface area contributed by atoms with Gasteiger partial charge in [-0.3, -0.25) is 11.3 Å². The van der Waals surface area contributed by atoms with E-state index in [2.05, 4.69) is 33.5 Å². The normalized spacial score (nSPS) is 23.2. The maximum Gasteiger partial charge on any atom is 0.125 e. The van der Waals surface area contributed by atoms with Crippen LogP contribution in [0.2, 0.25) is 0 Å². The maximum absolute atomic E-state index is 5.82. The Labute approximate surface area is 136 Å². The molecule has 2 unspecified atom stereocenters. The van der Waals surface area contributed by atoms with Gasteiger partial charge in [0.15, 0.2) is 0 Å². The Bertz CT molecular complexity index is 480. The van der Waals surface area contributed by atoms with Crippen LogP contribution in [-0.2, 0) is 12.8 Å². The van der Waals surface area contributed by atoms with E-state index >= 15 is 0 Å². The standard InChI is InChI=1S/C14H19BrN2OS2/c15-11-5-9-1-2-18-14(9)10(6-11)7-12(17-16)13-8-19-3-4-20-13/h5-6,12-13,17H,1-4,7-8,16H2. The summed E-state index contributed by atoms with van der Waals surface area (Å²) in [6.45, 7) is 0.799. The van der Waals surface area contributed by atoms with Crippen molar-refractivity contribution in [2.24, 2.45) is 5.84 Å². The Morgan fingerprint density at radius 2 is 2.35 bits per heavy atom. The predicted molar refractivity (Wildman–Crippen MR) is 91.7 cm³/mol. The van der Waals surface area contributed by atoms with Crippen LogP contribution >= 0.6 is 39.5 Å². The molecule has 6 heteroatoms. The summed E-state index contributed by atoms with van der Waals surface area (Å²) in [6, 6.07) is 4.65. The van der Waals surface area contributed by atoms with Gasteiger partial charge < -0.3 is 4.74 Å². The fraction of sp³-hybridized carbons (Fsp3) is 0.571. The van der Waals surface area contributed by atoms with Gasteiger partial charge in [0.25, 0.3) is 0 Å². The molecule has 0 aromatic heterocycles. The summed E-state index contributed by atoms with van der Waals surface area (Å²) in [4.78, 5) is 0. The molecule has 2 aliphatic heterocycles. The van der Waals surface area contributed by atoms with Crippen LogP contribution in [0.5, 0.6) is 5.75 Å². The van der Waals surface area contributed by atoms with Crippen molar-refractivity contribution in [1.82, 2.24) is 5.43 Å². The minimum absolute atomic E-state index is 0.301. The van der Waals surface area contributed by atoms with Crippen molar-refractivity contribution < 1.29 is 4.74 Å². The highest BCUT2D eigenvalue weighted by Crippen LogP contribution is 2.35. The second-order valence-corrected chi connectivity index (χ2v) is 8.53. The van der Waals surface area contributed by atoms with Gasteiger partial charge >= 0.3 is 0 Å². The van der Waals surface area contributed by atoms with Crippen molar-refractivity contribution in [2.75, 3.05) is 23.9 Å². The molecule has 1 aromatic rings. The molecule has 1 fully saturated rings. The van der Waals surface area contributed by atoms with Crippen molar-refractivity contribution >= 4 is 39.5 Å². The highest BCUT2D eigenvalue weighted by atomic mass is 79.9.